The summed E-state index contributed by atoms with van der Waals surface area (Å²) < 4.78 is 27.7. The number of aromatic nitrogens is 2. The number of hydrogen-bond acceptors (Lipinski definition) is 2. The lowest BCUT2D eigenvalue weighted by atomic mass is 10.1. The Labute approximate surface area is 147 Å². The number of H-pyrrole nitrogens is 1. The molecule has 0 aliphatic carbocycles. The van der Waals surface area contributed by atoms with E-state index in [1.54, 1.807) is 24.3 Å². The molecule has 0 aliphatic rings. The number of para-hydroxylation sites is 3. The number of halogens is 2. The lowest BCUT2D eigenvalue weighted by Gasteiger charge is -2.10. The topological polar surface area (TPSA) is 57.8 Å². The number of imidazole rings is 1. The molecule has 1 heterocycles. The molecule has 0 saturated heterocycles. The average Bonchev–Trinajstić information content (AvgIpc) is 3.06. The van der Waals surface area contributed by atoms with Gasteiger partial charge >= 0.3 is 0 Å². The van der Waals surface area contributed by atoms with Gasteiger partial charge < -0.3 is 10.3 Å². The molecule has 4 rings (SSSR count). The second-order valence-corrected chi connectivity index (χ2v) is 5.70. The molecule has 2 N–H and O–H groups in total. The molecule has 128 valence electrons. The van der Waals surface area contributed by atoms with Crippen molar-refractivity contribution in [1.29, 1.82) is 0 Å². The molecule has 4 nitrogen and oxygen atoms in total. The van der Waals surface area contributed by atoms with Crippen LogP contribution in [0.4, 0.5) is 14.5 Å². The largest absolute Gasteiger partial charge is 0.338 e. The minimum Gasteiger partial charge on any atom is -0.338 e. The fourth-order valence-corrected chi connectivity index (χ4v) is 2.78. The number of carbonyl (C=O) groups is 1. The summed E-state index contributed by atoms with van der Waals surface area (Å²) in [7, 11) is 0. The highest BCUT2D eigenvalue weighted by Gasteiger charge is 2.19. The van der Waals surface area contributed by atoms with Crippen LogP contribution in [0.3, 0.4) is 0 Å². The SMILES string of the molecule is O=C(Nc1ccccc1-c1nc2ccccc2[nH]1)c1c(F)cccc1F. The maximum Gasteiger partial charge on any atom is 0.261 e. The van der Waals surface area contributed by atoms with E-state index in [2.05, 4.69) is 15.3 Å². The summed E-state index contributed by atoms with van der Waals surface area (Å²) in [5.41, 5.74) is 2.03. The zero-order chi connectivity index (χ0) is 18.1. The Bertz CT molecular complexity index is 1070. The Balaban J connectivity index is 1.73. The maximum atomic E-state index is 13.8. The summed E-state index contributed by atoms with van der Waals surface area (Å²) in [4.78, 5) is 20.1. The third kappa shape index (κ3) is 2.82. The number of nitrogens with zero attached hydrogens (tertiary/aromatic N) is 1. The van der Waals surface area contributed by atoms with E-state index >= 15 is 0 Å². The summed E-state index contributed by atoms with van der Waals surface area (Å²) in [5.74, 6) is -2.13. The molecule has 6 heteroatoms. The molecule has 0 fully saturated rings. The summed E-state index contributed by atoms with van der Waals surface area (Å²) in [5, 5.41) is 2.57. The van der Waals surface area contributed by atoms with E-state index in [0.717, 1.165) is 23.2 Å². The summed E-state index contributed by atoms with van der Waals surface area (Å²) >= 11 is 0. The van der Waals surface area contributed by atoms with Gasteiger partial charge in [-0.2, -0.15) is 0 Å². The van der Waals surface area contributed by atoms with Crippen molar-refractivity contribution in [2.24, 2.45) is 0 Å². The zero-order valence-corrected chi connectivity index (χ0v) is 13.5. The van der Waals surface area contributed by atoms with Gasteiger partial charge in [0.25, 0.3) is 5.91 Å². The number of rotatable bonds is 3. The number of benzene rings is 3. The van der Waals surface area contributed by atoms with Crippen molar-refractivity contribution in [3.63, 3.8) is 0 Å². The summed E-state index contributed by atoms with van der Waals surface area (Å²) in [6, 6.07) is 17.8. The molecule has 4 aromatic rings. The van der Waals surface area contributed by atoms with Gasteiger partial charge in [-0.25, -0.2) is 13.8 Å². The lowest BCUT2D eigenvalue weighted by Crippen LogP contribution is -2.16. The van der Waals surface area contributed by atoms with Crippen molar-refractivity contribution in [3.8, 4) is 11.4 Å². The van der Waals surface area contributed by atoms with Gasteiger partial charge in [0.2, 0.25) is 0 Å². The molecule has 0 aliphatic heterocycles. The van der Waals surface area contributed by atoms with Crippen molar-refractivity contribution in [2.45, 2.75) is 0 Å². The van der Waals surface area contributed by atoms with Gasteiger partial charge in [-0.1, -0.05) is 30.3 Å². The normalized spacial score (nSPS) is 10.8. The van der Waals surface area contributed by atoms with Crippen LogP contribution in [0.25, 0.3) is 22.4 Å². The van der Waals surface area contributed by atoms with Gasteiger partial charge in [0.15, 0.2) is 0 Å². The van der Waals surface area contributed by atoms with E-state index in [1.807, 2.05) is 24.3 Å². The first-order valence-electron chi connectivity index (χ1n) is 7.93. The zero-order valence-electron chi connectivity index (χ0n) is 13.5. The van der Waals surface area contributed by atoms with Crippen molar-refractivity contribution in [3.05, 3.63) is 83.9 Å². The quantitative estimate of drug-likeness (QED) is 0.560. The second-order valence-electron chi connectivity index (χ2n) is 5.70. The van der Waals surface area contributed by atoms with Gasteiger partial charge in [-0.05, 0) is 36.4 Å². The molecule has 0 unspecified atom stereocenters. The second kappa shape index (κ2) is 6.40. The molecule has 3 aromatic carbocycles. The van der Waals surface area contributed by atoms with E-state index in [-0.39, 0.29) is 0 Å². The minimum absolute atomic E-state index is 0.402. The van der Waals surface area contributed by atoms with Gasteiger partial charge in [-0.15, -0.1) is 0 Å². The number of nitrogens with one attached hydrogen (secondary N) is 2. The number of fused-ring (bicyclic) bond motifs is 1. The number of hydrogen-bond donors (Lipinski definition) is 2. The Hall–Kier alpha value is -3.54. The third-order valence-corrected chi connectivity index (χ3v) is 4.01. The third-order valence-electron chi connectivity index (χ3n) is 4.01. The maximum absolute atomic E-state index is 13.8. The van der Waals surface area contributed by atoms with Crippen LogP contribution in [0.15, 0.2) is 66.7 Å². The van der Waals surface area contributed by atoms with Crippen LogP contribution in [0.5, 0.6) is 0 Å². The molecule has 0 bridgehead atoms. The number of aromatic amines is 1. The van der Waals surface area contributed by atoms with Crippen LogP contribution in [0.1, 0.15) is 10.4 Å². The Morgan fingerprint density at radius 2 is 1.58 bits per heavy atom. The lowest BCUT2D eigenvalue weighted by molar-refractivity contribution is 0.101. The summed E-state index contributed by atoms with van der Waals surface area (Å²) in [6.45, 7) is 0. The van der Waals surface area contributed by atoms with Gasteiger partial charge in [-0.3, -0.25) is 4.79 Å². The van der Waals surface area contributed by atoms with Crippen LogP contribution >= 0.6 is 0 Å². The fraction of sp³-hybridized carbons (Fsp3) is 0. The Kier molecular flexibility index (Phi) is 3.93. The monoisotopic (exact) mass is 349 g/mol. The molecular formula is C20H13F2N3O. The smallest absolute Gasteiger partial charge is 0.261 e. The minimum atomic E-state index is -0.913. The van der Waals surface area contributed by atoms with Gasteiger partial charge in [0.05, 0.1) is 16.7 Å². The van der Waals surface area contributed by atoms with Crippen LogP contribution in [-0.2, 0) is 0 Å². The summed E-state index contributed by atoms with van der Waals surface area (Å²) in [6.07, 6.45) is 0. The first kappa shape index (κ1) is 16.0. The van der Waals surface area contributed by atoms with E-state index in [4.69, 9.17) is 0 Å². The Morgan fingerprint density at radius 1 is 0.885 bits per heavy atom. The highest BCUT2D eigenvalue weighted by molar-refractivity contribution is 6.06. The standard InChI is InChI=1S/C20H13F2N3O/c21-13-7-5-8-14(22)18(13)20(26)25-15-9-2-1-6-12(15)19-23-16-10-3-4-11-17(16)24-19/h1-11H,(H,23,24)(H,25,26). The predicted molar refractivity (Wildman–Crippen MR) is 95.8 cm³/mol. The van der Waals surface area contributed by atoms with Crippen molar-refractivity contribution >= 4 is 22.6 Å². The highest BCUT2D eigenvalue weighted by atomic mass is 19.1. The van der Waals surface area contributed by atoms with Gasteiger partial charge in [0.1, 0.15) is 23.0 Å². The van der Waals surface area contributed by atoms with E-state index in [1.165, 1.54) is 6.07 Å². The van der Waals surface area contributed by atoms with Crippen LogP contribution in [-0.4, -0.2) is 15.9 Å². The van der Waals surface area contributed by atoms with E-state index < -0.39 is 23.1 Å². The molecule has 0 atom stereocenters. The number of amides is 1. The molecule has 26 heavy (non-hydrogen) atoms. The van der Waals surface area contributed by atoms with Crippen LogP contribution in [0.2, 0.25) is 0 Å². The molecular weight excluding hydrogens is 336 g/mol. The van der Waals surface area contributed by atoms with E-state index in [9.17, 15) is 13.6 Å². The van der Waals surface area contributed by atoms with Crippen LogP contribution < -0.4 is 5.32 Å². The fourth-order valence-electron chi connectivity index (χ4n) is 2.78. The van der Waals surface area contributed by atoms with Crippen molar-refractivity contribution in [1.82, 2.24) is 9.97 Å². The van der Waals surface area contributed by atoms with Crippen molar-refractivity contribution < 1.29 is 13.6 Å². The van der Waals surface area contributed by atoms with Crippen molar-refractivity contribution in [2.75, 3.05) is 5.32 Å². The number of carbonyl (C=O) groups excluding carboxylic acids is 1. The Morgan fingerprint density at radius 3 is 2.35 bits per heavy atom. The first-order chi connectivity index (χ1) is 12.6. The van der Waals surface area contributed by atoms with Crippen LogP contribution in [0, 0.1) is 11.6 Å². The highest BCUT2D eigenvalue weighted by Crippen LogP contribution is 2.28. The first-order valence-corrected chi connectivity index (χ1v) is 7.93. The molecule has 0 radical (unpaired) electrons. The molecule has 1 amide bonds. The average molecular weight is 349 g/mol. The molecule has 1 aromatic heterocycles. The van der Waals surface area contributed by atoms with E-state index in [0.29, 0.717) is 17.1 Å². The number of anilines is 1. The van der Waals surface area contributed by atoms with Gasteiger partial charge in [0, 0.05) is 5.56 Å². The molecule has 0 spiro atoms. The predicted octanol–water partition coefficient (Wildman–Crippen LogP) is 4.76. The molecule has 0 saturated carbocycles.